The van der Waals surface area contributed by atoms with E-state index in [4.69, 9.17) is 9.47 Å². The zero-order valence-corrected chi connectivity index (χ0v) is 17.6. The first-order chi connectivity index (χ1) is 14.1. The topological polar surface area (TPSA) is 91.2 Å². The maximum Gasteiger partial charge on any atom is 0.281 e. The molecule has 2 heterocycles. The number of rotatable bonds is 10. The van der Waals surface area contributed by atoms with Crippen LogP contribution in [0.25, 0.3) is 5.69 Å². The summed E-state index contributed by atoms with van der Waals surface area (Å²) < 4.78 is 26.1. The number of ether oxygens (including phenoxy) is 2. The van der Waals surface area contributed by atoms with Crippen molar-refractivity contribution in [3.05, 3.63) is 42.0 Å². The Morgan fingerprint density at radius 3 is 2.79 bits per heavy atom. The summed E-state index contributed by atoms with van der Waals surface area (Å²) in [5.74, 6) is 0.280. The molecule has 11 heteroatoms. The molecule has 3 rings (SSSR count). The van der Waals surface area contributed by atoms with Crippen molar-refractivity contribution in [2.45, 2.75) is 17.7 Å². The second kappa shape index (κ2) is 10.3. The van der Waals surface area contributed by atoms with E-state index in [-0.39, 0.29) is 11.5 Å². The molecule has 0 bridgehead atoms. The van der Waals surface area contributed by atoms with Crippen LogP contribution in [0.4, 0.5) is 9.52 Å². The number of nitrogens with zero attached hydrogens (tertiary/aromatic N) is 4. The van der Waals surface area contributed by atoms with Crippen LogP contribution in [0.15, 0.2) is 34.8 Å². The molecule has 0 spiro atoms. The molecule has 0 saturated carbocycles. The van der Waals surface area contributed by atoms with Crippen molar-refractivity contribution in [2.24, 2.45) is 0 Å². The highest BCUT2D eigenvalue weighted by atomic mass is 32.2. The van der Waals surface area contributed by atoms with Gasteiger partial charge in [0.25, 0.3) is 5.91 Å². The van der Waals surface area contributed by atoms with E-state index in [2.05, 4.69) is 20.6 Å². The summed E-state index contributed by atoms with van der Waals surface area (Å²) >= 11 is 2.77. The lowest BCUT2D eigenvalue weighted by Crippen LogP contribution is -2.14. The molecular formula is C18H20FN5O3S2. The standard InChI is InChI=1S/C18H20FN5O3S2/c1-3-8-27-14-11-24(13-6-4-12(19)5-7-13)23-15(14)16(25)20-17-21-22-18(29-17)28-10-9-26-2/h4-7,11H,3,8-10H2,1-2H3,(H,20,21,25). The molecule has 0 unspecified atom stereocenters. The van der Waals surface area contributed by atoms with Gasteiger partial charge in [-0.3, -0.25) is 10.1 Å². The fraction of sp³-hybridized carbons (Fsp3) is 0.333. The number of nitrogens with one attached hydrogen (secondary N) is 1. The zero-order valence-electron chi connectivity index (χ0n) is 15.9. The fourth-order valence-corrected chi connectivity index (χ4v) is 3.96. The normalized spacial score (nSPS) is 10.9. The van der Waals surface area contributed by atoms with E-state index < -0.39 is 5.91 Å². The van der Waals surface area contributed by atoms with Gasteiger partial charge in [-0.2, -0.15) is 5.10 Å². The van der Waals surface area contributed by atoms with Crippen molar-refractivity contribution in [2.75, 3.05) is 31.4 Å². The smallest absolute Gasteiger partial charge is 0.281 e. The largest absolute Gasteiger partial charge is 0.489 e. The highest BCUT2D eigenvalue weighted by molar-refractivity contribution is 8.01. The minimum Gasteiger partial charge on any atom is -0.489 e. The molecule has 0 atom stereocenters. The van der Waals surface area contributed by atoms with Gasteiger partial charge in [-0.05, 0) is 30.7 Å². The molecule has 0 saturated heterocycles. The average Bonchev–Trinajstić information content (AvgIpc) is 3.34. The molecule has 0 fully saturated rings. The second-order valence-electron chi connectivity index (χ2n) is 5.78. The highest BCUT2D eigenvalue weighted by Crippen LogP contribution is 2.27. The van der Waals surface area contributed by atoms with E-state index in [1.54, 1.807) is 25.4 Å². The summed E-state index contributed by atoms with van der Waals surface area (Å²) in [4.78, 5) is 12.8. The van der Waals surface area contributed by atoms with E-state index in [1.807, 2.05) is 6.92 Å². The maximum absolute atomic E-state index is 13.2. The van der Waals surface area contributed by atoms with E-state index in [0.29, 0.717) is 29.8 Å². The first kappa shape index (κ1) is 21.2. The molecule has 0 aliphatic carbocycles. The summed E-state index contributed by atoms with van der Waals surface area (Å²) in [6.45, 7) is 3.01. The van der Waals surface area contributed by atoms with Gasteiger partial charge < -0.3 is 9.47 Å². The third-order valence-corrected chi connectivity index (χ3v) is 5.52. The van der Waals surface area contributed by atoms with Gasteiger partial charge in [-0.25, -0.2) is 9.07 Å². The number of aromatic nitrogens is 4. The number of thioether (sulfide) groups is 1. The molecule has 29 heavy (non-hydrogen) atoms. The van der Waals surface area contributed by atoms with Gasteiger partial charge in [0, 0.05) is 12.9 Å². The molecule has 154 valence electrons. The fourth-order valence-electron chi connectivity index (χ4n) is 2.25. The Kier molecular flexibility index (Phi) is 7.55. The number of benzene rings is 1. The molecule has 1 amide bonds. The maximum atomic E-state index is 13.2. The third-order valence-electron chi connectivity index (χ3n) is 3.59. The van der Waals surface area contributed by atoms with Crippen LogP contribution in [-0.4, -0.2) is 52.0 Å². The van der Waals surface area contributed by atoms with E-state index in [1.165, 1.54) is 39.9 Å². The number of hydrogen-bond donors (Lipinski definition) is 1. The van der Waals surface area contributed by atoms with Gasteiger partial charge in [-0.1, -0.05) is 30.0 Å². The summed E-state index contributed by atoms with van der Waals surface area (Å²) in [6.07, 6.45) is 2.38. The lowest BCUT2D eigenvalue weighted by Gasteiger charge is -2.03. The molecule has 8 nitrogen and oxygen atoms in total. The Morgan fingerprint density at radius 2 is 2.07 bits per heavy atom. The summed E-state index contributed by atoms with van der Waals surface area (Å²) in [5, 5.41) is 15.4. The molecule has 2 aromatic heterocycles. The van der Waals surface area contributed by atoms with Crippen LogP contribution in [0, 0.1) is 5.82 Å². The van der Waals surface area contributed by atoms with Gasteiger partial charge >= 0.3 is 0 Å². The highest BCUT2D eigenvalue weighted by Gasteiger charge is 2.20. The molecular weight excluding hydrogens is 417 g/mol. The molecule has 0 aliphatic heterocycles. The van der Waals surface area contributed by atoms with Crippen molar-refractivity contribution < 1.29 is 18.7 Å². The SMILES string of the molecule is CCCOc1cn(-c2ccc(F)cc2)nc1C(=O)Nc1nnc(SCCOC)s1. The molecule has 1 aromatic carbocycles. The Balaban J connectivity index is 1.76. The lowest BCUT2D eigenvalue weighted by molar-refractivity contribution is 0.101. The third kappa shape index (κ3) is 5.75. The van der Waals surface area contributed by atoms with E-state index in [9.17, 15) is 9.18 Å². The Bertz CT molecular complexity index is 945. The minimum absolute atomic E-state index is 0.117. The Morgan fingerprint density at radius 1 is 1.28 bits per heavy atom. The minimum atomic E-state index is -0.457. The van der Waals surface area contributed by atoms with E-state index in [0.717, 1.165) is 16.5 Å². The van der Waals surface area contributed by atoms with Crippen molar-refractivity contribution >= 4 is 34.1 Å². The van der Waals surface area contributed by atoms with Crippen LogP contribution in [0.5, 0.6) is 5.75 Å². The second-order valence-corrected chi connectivity index (χ2v) is 8.10. The first-order valence-corrected chi connectivity index (χ1v) is 10.7. The average molecular weight is 438 g/mol. The van der Waals surface area contributed by atoms with Crippen LogP contribution in [-0.2, 0) is 4.74 Å². The van der Waals surface area contributed by atoms with Gasteiger partial charge in [0.2, 0.25) is 5.13 Å². The van der Waals surface area contributed by atoms with Crippen LogP contribution < -0.4 is 10.1 Å². The van der Waals surface area contributed by atoms with E-state index >= 15 is 0 Å². The summed E-state index contributed by atoms with van der Waals surface area (Å²) in [7, 11) is 1.63. The number of carbonyl (C=O) groups is 1. The predicted octanol–water partition coefficient (Wildman–Crippen LogP) is 3.64. The summed E-state index contributed by atoms with van der Waals surface area (Å²) in [6, 6.07) is 5.80. The Hall–Kier alpha value is -2.50. The van der Waals surface area contributed by atoms with Gasteiger partial charge in [-0.15, -0.1) is 10.2 Å². The molecule has 1 N–H and O–H groups in total. The number of methoxy groups -OCH3 is 1. The van der Waals surface area contributed by atoms with Crippen LogP contribution >= 0.6 is 23.1 Å². The zero-order chi connectivity index (χ0) is 20.6. The van der Waals surface area contributed by atoms with Gasteiger partial charge in [0.05, 0.1) is 25.1 Å². The summed E-state index contributed by atoms with van der Waals surface area (Å²) in [5.41, 5.74) is 0.728. The van der Waals surface area contributed by atoms with Crippen molar-refractivity contribution in [1.82, 2.24) is 20.0 Å². The van der Waals surface area contributed by atoms with Gasteiger partial charge in [0.1, 0.15) is 5.82 Å². The monoisotopic (exact) mass is 437 g/mol. The number of anilines is 1. The van der Waals surface area contributed by atoms with Crippen molar-refractivity contribution in [3.8, 4) is 11.4 Å². The number of hydrogen-bond acceptors (Lipinski definition) is 8. The first-order valence-electron chi connectivity index (χ1n) is 8.85. The Labute approximate surface area is 175 Å². The van der Waals surface area contributed by atoms with Crippen LogP contribution in [0.3, 0.4) is 0 Å². The van der Waals surface area contributed by atoms with Gasteiger partial charge in [0.15, 0.2) is 15.8 Å². The lowest BCUT2D eigenvalue weighted by atomic mass is 10.3. The quantitative estimate of drug-likeness (QED) is 0.294. The number of amides is 1. The molecule has 3 aromatic rings. The van der Waals surface area contributed by atoms with Crippen molar-refractivity contribution in [3.63, 3.8) is 0 Å². The number of carbonyl (C=O) groups excluding carboxylic acids is 1. The number of halogens is 1. The molecule has 0 radical (unpaired) electrons. The van der Waals surface area contributed by atoms with Crippen LogP contribution in [0.2, 0.25) is 0 Å². The van der Waals surface area contributed by atoms with Crippen LogP contribution in [0.1, 0.15) is 23.8 Å². The molecule has 0 aliphatic rings. The predicted molar refractivity (Wildman–Crippen MR) is 110 cm³/mol. The van der Waals surface area contributed by atoms with Crippen molar-refractivity contribution in [1.29, 1.82) is 0 Å².